The van der Waals surface area contributed by atoms with Gasteiger partial charge in [0.05, 0.1) is 0 Å². The zero-order chi connectivity index (χ0) is 9.07. The van der Waals surface area contributed by atoms with Crippen molar-refractivity contribution >= 4 is 5.97 Å². The van der Waals surface area contributed by atoms with Gasteiger partial charge < -0.3 is 5.11 Å². The second kappa shape index (κ2) is 3.37. The van der Waals surface area contributed by atoms with Gasteiger partial charge in [0.15, 0.2) is 0 Å². The Labute approximate surface area is 67.2 Å². The van der Waals surface area contributed by atoms with Gasteiger partial charge in [-0.1, -0.05) is 33.4 Å². The highest BCUT2D eigenvalue weighted by Gasteiger charge is 2.14. The molecule has 0 aromatic heterocycles. The Hall–Kier alpha value is -1.05. The van der Waals surface area contributed by atoms with Gasteiger partial charge in [0.2, 0.25) is 0 Å². The molecule has 0 amide bonds. The minimum atomic E-state index is -0.921. The molecular weight excluding hydrogens is 140 g/mol. The van der Waals surface area contributed by atoms with Gasteiger partial charge in [-0.05, 0) is 11.0 Å². The molecule has 0 aliphatic heterocycles. The maximum absolute atomic E-state index is 10.3. The average Bonchev–Trinajstić information content (AvgIpc) is 1.79. The fourth-order valence-electron chi connectivity index (χ4n) is 0.715. The molecule has 0 aliphatic carbocycles. The van der Waals surface area contributed by atoms with Crippen LogP contribution in [0.4, 0.5) is 0 Å². The van der Waals surface area contributed by atoms with E-state index in [9.17, 15) is 4.79 Å². The molecule has 1 N–H and O–H groups in total. The fourth-order valence-corrected chi connectivity index (χ4v) is 0.715. The summed E-state index contributed by atoms with van der Waals surface area (Å²) in [5.41, 5.74) is 0.602. The third-order valence-corrected chi connectivity index (χ3v) is 1.36. The van der Waals surface area contributed by atoms with Gasteiger partial charge in [-0.3, -0.25) is 0 Å². The Kier molecular flexibility index (Phi) is 3.05. The predicted molar refractivity (Wildman–Crippen MR) is 45.4 cm³/mol. The molecule has 2 nitrogen and oxygen atoms in total. The van der Waals surface area contributed by atoms with Crippen LogP contribution in [0.15, 0.2) is 24.3 Å². The van der Waals surface area contributed by atoms with Crippen LogP contribution in [-0.2, 0) is 4.79 Å². The maximum Gasteiger partial charge on any atom is 0.328 e. The Morgan fingerprint density at radius 2 is 1.91 bits per heavy atom. The van der Waals surface area contributed by atoms with Gasteiger partial charge in [0.1, 0.15) is 0 Å². The van der Waals surface area contributed by atoms with Gasteiger partial charge >= 0.3 is 5.97 Å². The smallest absolute Gasteiger partial charge is 0.328 e. The quantitative estimate of drug-likeness (QED) is 0.489. The van der Waals surface area contributed by atoms with Crippen molar-refractivity contribution in [2.45, 2.75) is 20.8 Å². The highest BCUT2D eigenvalue weighted by atomic mass is 16.4. The molecule has 0 heterocycles. The lowest BCUT2D eigenvalue weighted by molar-refractivity contribution is -0.131. The van der Waals surface area contributed by atoms with Crippen molar-refractivity contribution in [3.63, 3.8) is 0 Å². The first-order chi connectivity index (χ1) is 4.88. The van der Waals surface area contributed by atoms with Crippen LogP contribution in [0, 0.1) is 5.41 Å². The van der Waals surface area contributed by atoms with E-state index in [0.717, 1.165) is 5.57 Å². The number of carbonyl (C=O) groups is 1. The van der Waals surface area contributed by atoms with E-state index >= 15 is 0 Å². The number of allylic oxidation sites excluding steroid dienone is 2. The molecule has 0 radical (unpaired) electrons. The van der Waals surface area contributed by atoms with E-state index in [1.165, 1.54) is 6.08 Å². The van der Waals surface area contributed by atoms with Crippen LogP contribution in [0.1, 0.15) is 20.8 Å². The summed E-state index contributed by atoms with van der Waals surface area (Å²) in [6.07, 6.45) is 2.76. The van der Waals surface area contributed by atoms with Gasteiger partial charge in [-0.15, -0.1) is 0 Å². The van der Waals surface area contributed by atoms with Gasteiger partial charge in [-0.25, -0.2) is 4.79 Å². The fraction of sp³-hybridized carbons (Fsp3) is 0.444. The van der Waals surface area contributed by atoms with Crippen LogP contribution in [-0.4, -0.2) is 11.1 Å². The van der Waals surface area contributed by atoms with E-state index in [4.69, 9.17) is 5.11 Å². The number of rotatable bonds is 2. The lowest BCUT2D eigenvalue weighted by Gasteiger charge is -2.18. The summed E-state index contributed by atoms with van der Waals surface area (Å²) in [5, 5.41) is 8.45. The highest BCUT2D eigenvalue weighted by Crippen LogP contribution is 2.25. The molecule has 0 spiro atoms. The Morgan fingerprint density at radius 3 is 2.00 bits per heavy atom. The number of hydrogen-bond donors (Lipinski definition) is 1. The van der Waals surface area contributed by atoms with Crippen molar-refractivity contribution in [2.24, 2.45) is 5.41 Å². The molecule has 0 saturated heterocycles. The molecule has 62 valence electrons. The van der Waals surface area contributed by atoms with Crippen LogP contribution in [0.5, 0.6) is 0 Å². The van der Waals surface area contributed by atoms with Crippen molar-refractivity contribution < 1.29 is 9.90 Å². The minimum Gasteiger partial charge on any atom is -0.478 e. The van der Waals surface area contributed by atoms with Crippen molar-refractivity contribution in [3.05, 3.63) is 24.3 Å². The summed E-state index contributed by atoms with van der Waals surface area (Å²) in [6.45, 7) is 9.39. The normalized spacial score (nSPS) is 12.8. The third-order valence-electron chi connectivity index (χ3n) is 1.36. The molecule has 0 fully saturated rings. The van der Waals surface area contributed by atoms with Crippen molar-refractivity contribution in [3.8, 4) is 0 Å². The zero-order valence-corrected chi connectivity index (χ0v) is 7.22. The highest BCUT2D eigenvalue weighted by molar-refractivity contribution is 5.81. The van der Waals surface area contributed by atoms with Crippen LogP contribution in [0.25, 0.3) is 0 Å². The molecule has 0 rings (SSSR count). The van der Waals surface area contributed by atoms with E-state index in [1.54, 1.807) is 6.08 Å². The zero-order valence-electron chi connectivity index (χ0n) is 7.22. The molecule has 11 heavy (non-hydrogen) atoms. The first-order valence-corrected chi connectivity index (χ1v) is 3.45. The van der Waals surface area contributed by atoms with Crippen LogP contribution in [0.3, 0.4) is 0 Å². The van der Waals surface area contributed by atoms with Gasteiger partial charge in [-0.2, -0.15) is 0 Å². The Morgan fingerprint density at radius 1 is 1.45 bits per heavy atom. The van der Waals surface area contributed by atoms with Gasteiger partial charge in [0.25, 0.3) is 0 Å². The molecule has 0 aromatic carbocycles. The third kappa shape index (κ3) is 3.61. The van der Waals surface area contributed by atoms with Gasteiger partial charge in [0, 0.05) is 6.08 Å². The van der Waals surface area contributed by atoms with Crippen molar-refractivity contribution in [1.82, 2.24) is 0 Å². The van der Waals surface area contributed by atoms with Crippen molar-refractivity contribution in [1.29, 1.82) is 0 Å². The summed E-state index contributed by atoms with van der Waals surface area (Å²) >= 11 is 0. The summed E-state index contributed by atoms with van der Waals surface area (Å²) in [7, 11) is 0. The molecule has 2 heteroatoms. The molecule has 0 atom stereocenters. The Bertz CT molecular complexity index is 194. The molecule has 0 bridgehead atoms. The van der Waals surface area contributed by atoms with E-state index in [-0.39, 0.29) is 5.41 Å². The van der Waals surface area contributed by atoms with E-state index in [0.29, 0.717) is 0 Å². The van der Waals surface area contributed by atoms with Crippen LogP contribution in [0.2, 0.25) is 0 Å². The van der Waals surface area contributed by atoms with Crippen LogP contribution < -0.4 is 0 Å². The largest absolute Gasteiger partial charge is 0.478 e. The summed E-state index contributed by atoms with van der Waals surface area (Å²) in [5.74, 6) is -0.921. The van der Waals surface area contributed by atoms with E-state index in [1.807, 2.05) is 20.8 Å². The molecule has 0 aliphatic rings. The number of carboxylic acid groups (broad SMARTS) is 1. The summed E-state index contributed by atoms with van der Waals surface area (Å²) in [6, 6.07) is 0. The number of hydrogen-bond acceptors (Lipinski definition) is 1. The molecule has 0 unspecified atom stereocenters. The molecular formula is C9H14O2. The van der Waals surface area contributed by atoms with Crippen molar-refractivity contribution in [2.75, 3.05) is 0 Å². The first-order valence-electron chi connectivity index (χ1n) is 3.45. The summed E-state index contributed by atoms with van der Waals surface area (Å²) < 4.78 is 0. The first kappa shape index (κ1) is 9.95. The number of aliphatic carboxylic acids is 1. The lowest BCUT2D eigenvalue weighted by atomic mass is 9.86. The van der Waals surface area contributed by atoms with Crippen LogP contribution >= 0.6 is 0 Å². The lowest BCUT2D eigenvalue weighted by Crippen LogP contribution is -2.09. The van der Waals surface area contributed by atoms with E-state index < -0.39 is 5.97 Å². The predicted octanol–water partition coefficient (Wildman–Crippen LogP) is 2.23. The topological polar surface area (TPSA) is 37.3 Å². The number of carboxylic acids is 1. The summed E-state index contributed by atoms with van der Waals surface area (Å²) in [4.78, 5) is 10.3. The average molecular weight is 154 g/mol. The molecule has 0 aromatic rings. The van der Waals surface area contributed by atoms with E-state index in [2.05, 4.69) is 6.58 Å². The maximum atomic E-state index is 10.3. The SMILES string of the molecule is C=C/C(=C\C(=O)O)C(C)(C)C. The standard InChI is InChI=1S/C9H14O2/c1-5-7(6-8(10)11)9(2,3)4/h5-6H,1H2,2-4H3,(H,10,11)/b7-6+. The minimum absolute atomic E-state index is 0.139. The second-order valence-electron chi connectivity index (χ2n) is 3.39. The monoisotopic (exact) mass is 154 g/mol. The Balaban J connectivity index is 4.68. The molecule has 0 saturated carbocycles. The second-order valence-corrected chi connectivity index (χ2v) is 3.39.